The molecule has 0 unspecified atom stereocenters. The van der Waals surface area contributed by atoms with E-state index in [9.17, 15) is 0 Å². The summed E-state index contributed by atoms with van der Waals surface area (Å²) >= 11 is 0. The van der Waals surface area contributed by atoms with Gasteiger partial charge in [-0.1, -0.05) is 53.9 Å². The predicted octanol–water partition coefficient (Wildman–Crippen LogP) is 0.775. The van der Waals surface area contributed by atoms with E-state index in [1.807, 2.05) is 36.4 Å². The molecule has 0 saturated heterocycles. The molecule has 0 N–H and O–H groups in total. The van der Waals surface area contributed by atoms with Crippen LogP contribution in [-0.2, 0) is 32.6 Å². The summed E-state index contributed by atoms with van der Waals surface area (Å²) in [5.74, 6) is 0. The Morgan fingerprint density at radius 3 is 2.07 bits per heavy atom. The number of halogens is 2. The van der Waals surface area contributed by atoms with Crippen LogP contribution in [0.25, 0.3) is 32.7 Å². The summed E-state index contributed by atoms with van der Waals surface area (Å²) in [4.78, 5) is 0. The van der Waals surface area contributed by atoms with Crippen LogP contribution in [0.3, 0.4) is 0 Å². The SMILES string of the molecule is [Cl-].[Cl-].[Zr+4].[c-]1cccc2c1c1c(c3ccccc32)-c2ccccc2C1.c1cc[cH-]c1. The first-order valence-electron chi connectivity index (χ1n) is 9.02. The Morgan fingerprint density at radius 1 is 0.690 bits per heavy atom. The molecule has 0 atom stereocenters. The number of benzene rings is 4. The predicted molar refractivity (Wildman–Crippen MR) is 111 cm³/mol. The van der Waals surface area contributed by atoms with Crippen LogP contribution in [0.4, 0.5) is 0 Å². The van der Waals surface area contributed by atoms with Gasteiger partial charge in [0.15, 0.2) is 0 Å². The molecule has 0 fully saturated rings. The monoisotopic (exact) mass is 490 g/mol. The third-order valence-corrected chi connectivity index (χ3v) is 5.16. The van der Waals surface area contributed by atoms with Crippen LogP contribution in [0.5, 0.6) is 0 Å². The average Bonchev–Trinajstić information content (AvgIpc) is 3.40. The molecule has 0 bridgehead atoms. The van der Waals surface area contributed by atoms with Gasteiger partial charge in [0, 0.05) is 0 Å². The smallest absolute Gasteiger partial charge is 1.00 e. The fourth-order valence-electron chi connectivity index (χ4n) is 4.05. The molecule has 5 aromatic rings. The minimum absolute atomic E-state index is 0. The average molecular weight is 493 g/mol. The second-order valence-electron chi connectivity index (χ2n) is 6.65. The number of fused-ring (bicyclic) bond motifs is 8. The third kappa shape index (κ3) is 4.24. The summed E-state index contributed by atoms with van der Waals surface area (Å²) in [5.41, 5.74) is 5.67. The zero-order valence-electron chi connectivity index (χ0n) is 15.7. The van der Waals surface area contributed by atoms with Crippen molar-refractivity contribution in [2.45, 2.75) is 6.42 Å². The van der Waals surface area contributed by atoms with Gasteiger partial charge in [-0.3, -0.25) is 0 Å². The van der Waals surface area contributed by atoms with E-state index in [2.05, 4.69) is 66.7 Å². The molecular formula is C26H18Cl2Zr. The first-order chi connectivity index (χ1) is 12.9. The Labute approximate surface area is 203 Å². The number of rotatable bonds is 0. The van der Waals surface area contributed by atoms with Crippen molar-refractivity contribution >= 4 is 21.5 Å². The molecule has 6 rings (SSSR count). The van der Waals surface area contributed by atoms with Crippen LogP contribution < -0.4 is 24.8 Å². The molecule has 0 nitrogen and oxygen atoms in total. The minimum Gasteiger partial charge on any atom is -1.00 e. The summed E-state index contributed by atoms with van der Waals surface area (Å²) in [6.45, 7) is 0. The summed E-state index contributed by atoms with van der Waals surface area (Å²) in [5, 5.41) is 5.30. The van der Waals surface area contributed by atoms with Gasteiger partial charge in [-0.15, -0.1) is 40.6 Å². The van der Waals surface area contributed by atoms with Crippen molar-refractivity contribution in [1.29, 1.82) is 0 Å². The van der Waals surface area contributed by atoms with Crippen molar-refractivity contribution in [1.82, 2.24) is 0 Å². The molecule has 1 aliphatic carbocycles. The maximum Gasteiger partial charge on any atom is 4.00 e. The normalized spacial score (nSPS) is 10.5. The zero-order chi connectivity index (χ0) is 17.3. The molecule has 0 saturated carbocycles. The Morgan fingerprint density at radius 2 is 1.34 bits per heavy atom. The largest absolute Gasteiger partial charge is 4.00 e. The summed E-state index contributed by atoms with van der Waals surface area (Å²) in [6, 6.07) is 37.3. The van der Waals surface area contributed by atoms with Crippen molar-refractivity contribution < 1.29 is 51.0 Å². The van der Waals surface area contributed by atoms with Gasteiger partial charge in [0.25, 0.3) is 0 Å². The van der Waals surface area contributed by atoms with Gasteiger partial charge in [0.1, 0.15) is 0 Å². The van der Waals surface area contributed by atoms with Crippen LogP contribution >= 0.6 is 0 Å². The van der Waals surface area contributed by atoms with Gasteiger partial charge in [0.05, 0.1) is 0 Å². The maximum atomic E-state index is 3.48. The van der Waals surface area contributed by atoms with Gasteiger partial charge < -0.3 is 24.8 Å². The van der Waals surface area contributed by atoms with Gasteiger partial charge >= 0.3 is 26.2 Å². The fraction of sp³-hybridized carbons (Fsp3) is 0.0385. The Kier molecular flexibility index (Phi) is 8.35. The minimum atomic E-state index is 0. The topological polar surface area (TPSA) is 0 Å². The first kappa shape index (κ1) is 23.5. The van der Waals surface area contributed by atoms with Gasteiger partial charge in [-0.05, 0) is 28.5 Å². The molecule has 0 radical (unpaired) electrons. The molecular weight excluding hydrogens is 474 g/mol. The van der Waals surface area contributed by atoms with E-state index in [1.54, 1.807) is 0 Å². The molecule has 3 heteroatoms. The van der Waals surface area contributed by atoms with Crippen LogP contribution in [0, 0.1) is 6.07 Å². The molecule has 0 spiro atoms. The van der Waals surface area contributed by atoms with Crippen molar-refractivity contribution in [2.75, 3.05) is 0 Å². The Bertz CT molecular complexity index is 1190. The molecule has 140 valence electrons. The van der Waals surface area contributed by atoms with Gasteiger partial charge in [-0.25, -0.2) is 12.1 Å². The fourth-order valence-corrected chi connectivity index (χ4v) is 4.05. The Hall–Kier alpha value is -1.79. The maximum absolute atomic E-state index is 3.48. The van der Waals surface area contributed by atoms with E-state index in [4.69, 9.17) is 0 Å². The standard InChI is InChI=1S/C21H13.C5H5.2ClH.Zr/c1-2-8-15-14(7-1)13-20-18-11-4-3-9-16(18)17-10-5-6-12-19(17)21(15)20;1-2-4-5-3-1;;;/h1-10,12H,13H2;1-5H;2*1H;/q2*-1;;;+4/p-2. The van der Waals surface area contributed by atoms with Gasteiger partial charge in [-0.2, -0.15) is 18.2 Å². The molecule has 1 aliphatic rings. The molecule has 5 aromatic carbocycles. The van der Waals surface area contributed by atoms with Crippen molar-refractivity contribution in [3.05, 3.63) is 114 Å². The zero-order valence-corrected chi connectivity index (χ0v) is 19.7. The number of hydrogen-bond acceptors (Lipinski definition) is 0. The first-order valence-corrected chi connectivity index (χ1v) is 9.02. The molecule has 29 heavy (non-hydrogen) atoms. The van der Waals surface area contributed by atoms with Crippen LogP contribution in [0.2, 0.25) is 0 Å². The van der Waals surface area contributed by atoms with Crippen LogP contribution in [-0.4, -0.2) is 0 Å². The van der Waals surface area contributed by atoms with E-state index in [0.29, 0.717) is 0 Å². The molecule has 0 heterocycles. The summed E-state index contributed by atoms with van der Waals surface area (Å²) < 4.78 is 0. The van der Waals surface area contributed by atoms with Gasteiger partial charge in [0.2, 0.25) is 0 Å². The van der Waals surface area contributed by atoms with Crippen molar-refractivity contribution in [2.24, 2.45) is 0 Å². The van der Waals surface area contributed by atoms with Crippen molar-refractivity contribution in [3.8, 4) is 11.1 Å². The van der Waals surface area contributed by atoms with E-state index >= 15 is 0 Å². The van der Waals surface area contributed by atoms with Crippen molar-refractivity contribution in [3.63, 3.8) is 0 Å². The molecule has 0 aliphatic heterocycles. The summed E-state index contributed by atoms with van der Waals surface area (Å²) in [6.07, 6.45) is 1.02. The van der Waals surface area contributed by atoms with Crippen LogP contribution in [0.15, 0.2) is 97.1 Å². The molecule has 0 amide bonds. The van der Waals surface area contributed by atoms with E-state index in [-0.39, 0.29) is 51.0 Å². The van der Waals surface area contributed by atoms with Crippen LogP contribution in [0.1, 0.15) is 11.1 Å². The second kappa shape index (κ2) is 10.3. The number of hydrogen-bond donors (Lipinski definition) is 0. The molecule has 0 aromatic heterocycles. The Balaban J connectivity index is 0.000000333. The third-order valence-electron chi connectivity index (χ3n) is 5.16. The van der Waals surface area contributed by atoms with E-state index in [0.717, 1.165) is 6.42 Å². The van der Waals surface area contributed by atoms with E-state index < -0.39 is 0 Å². The summed E-state index contributed by atoms with van der Waals surface area (Å²) in [7, 11) is 0. The quantitative estimate of drug-likeness (QED) is 0.217. The van der Waals surface area contributed by atoms with E-state index in [1.165, 1.54) is 43.8 Å². The second-order valence-corrected chi connectivity index (χ2v) is 6.65.